The summed E-state index contributed by atoms with van der Waals surface area (Å²) < 4.78 is 5.11. The van der Waals surface area contributed by atoms with E-state index in [-0.39, 0.29) is 11.8 Å². The van der Waals surface area contributed by atoms with Crippen molar-refractivity contribution >= 4 is 17.5 Å². The molecule has 5 nitrogen and oxygen atoms in total. The van der Waals surface area contributed by atoms with Gasteiger partial charge in [-0.3, -0.25) is 9.59 Å². The van der Waals surface area contributed by atoms with Crippen LogP contribution in [0.25, 0.3) is 0 Å². The van der Waals surface area contributed by atoms with Crippen LogP contribution in [0.5, 0.6) is 5.75 Å². The summed E-state index contributed by atoms with van der Waals surface area (Å²) in [5.41, 5.74) is 0.972. The highest BCUT2D eigenvalue weighted by molar-refractivity contribution is 5.98. The van der Waals surface area contributed by atoms with Crippen molar-refractivity contribution in [3.05, 3.63) is 23.8 Å². The van der Waals surface area contributed by atoms with E-state index in [1.807, 2.05) is 0 Å². The van der Waals surface area contributed by atoms with E-state index in [4.69, 9.17) is 4.74 Å². The highest BCUT2D eigenvalue weighted by Crippen LogP contribution is 2.25. The molecule has 0 unspecified atom stereocenters. The van der Waals surface area contributed by atoms with E-state index in [0.29, 0.717) is 23.4 Å². The van der Waals surface area contributed by atoms with Gasteiger partial charge in [0, 0.05) is 19.0 Å². The lowest BCUT2D eigenvalue weighted by atomic mass is 10.1. The Balaban J connectivity index is 3.06. The first-order valence-corrected chi connectivity index (χ1v) is 5.32. The zero-order chi connectivity index (χ0) is 12.8. The van der Waals surface area contributed by atoms with Crippen molar-refractivity contribution in [1.29, 1.82) is 0 Å². The van der Waals surface area contributed by atoms with Gasteiger partial charge in [-0.1, -0.05) is 6.92 Å². The summed E-state index contributed by atoms with van der Waals surface area (Å²) in [6, 6.07) is 4.88. The lowest BCUT2D eigenvalue weighted by molar-refractivity contribution is -0.115. The third-order valence-electron chi connectivity index (χ3n) is 2.28. The number of hydrogen-bond acceptors (Lipinski definition) is 3. The number of nitrogens with one attached hydrogen (secondary N) is 2. The molecule has 2 amide bonds. The summed E-state index contributed by atoms with van der Waals surface area (Å²) in [6.07, 6.45) is 0.368. The Morgan fingerprint density at radius 1 is 1.35 bits per heavy atom. The Bertz CT molecular complexity index is 430. The molecule has 0 aromatic heterocycles. The Labute approximate surface area is 100 Å². The molecule has 0 radical (unpaired) electrons. The van der Waals surface area contributed by atoms with Crippen molar-refractivity contribution in [3.63, 3.8) is 0 Å². The predicted octanol–water partition coefficient (Wildman–Crippen LogP) is 1.40. The fraction of sp³-hybridized carbons (Fsp3) is 0.333. The first-order valence-electron chi connectivity index (χ1n) is 5.32. The second kappa shape index (κ2) is 5.89. The maximum absolute atomic E-state index is 11.5. The van der Waals surface area contributed by atoms with E-state index < -0.39 is 0 Å². The van der Waals surface area contributed by atoms with Crippen LogP contribution >= 0.6 is 0 Å². The van der Waals surface area contributed by atoms with E-state index in [1.165, 1.54) is 7.11 Å². The third-order valence-corrected chi connectivity index (χ3v) is 2.28. The van der Waals surface area contributed by atoms with Crippen molar-refractivity contribution < 1.29 is 14.3 Å². The molecule has 0 aliphatic heterocycles. The largest absolute Gasteiger partial charge is 0.495 e. The van der Waals surface area contributed by atoms with Gasteiger partial charge >= 0.3 is 0 Å². The summed E-state index contributed by atoms with van der Waals surface area (Å²) in [6.45, 7) is 1.75. The number of amides is 2. The lowest BCUT2D eigenvalue weighted by Gasteiger charge is -2.11. The molecule has 0 fully saturated rings. The van der Waals surface area contributed by atoms with Crippen LogP contribution < -0.4 is 15.4 Å². The number of hydrogen-bond donors (Lipinski definition) is 2. The Morgan fingerprint density at radius 3 is 2.59 bits per heavy atom. The van der Waals surface area contributed by atoms with Gasteiger partial charge in [0.1, 0.15) is 5.75 Å². The third kappa shape index (κ3) is 3.21. The fourth-order valence-electron chi connectivity index (χ4n) is 1.33. The summed E-state index contributed by atoms with van der Waals surface area (Å²) in [5, 5.41) is 5.21. The van der Waals surface area contributed by atoms with E-state index in [9.17, 15) is 9.59 Å². The molecular formula is C12H16N2O3. The number of carbonyl (C=O) groups is 2. The molecule has 0 aliphatic carbocycles. The smallest absolute Gasteiger partial charge is 0.251 e. The van der Waals surface area contributed by atoms with Crippen molar-refractivity contribution in [2.75, 3.05) is 19.5 Å². The molecule has 2 N–H and O–H groups in total. The van der Waals surface area contributed by atoms with Gasteiger partial charge in [-0.05, 0) is 18.2 Å². The highest BCUT2D eigenvalue weighted by Gasteiger charge is 2.10. The number of carbonyl (C=O) groups excluding carboxylic acids is 2. The Hall–Kier alpha value is -2.04. The van der Waals surface area contributed by atoms with E-state index in [1.54, 1.807) is 32.2 Å². The van der Waals surface area contributed by atoms with Gasteiger partial charge in [-0.2, -0.15) is 0 Å². The lowest BCUT2D eigenvalue weighted by Crippen LogP contribution is -2.18. The van der Waals surface area contributed by atoms with Crippen molar-refractivity contribution in [1.82, 2.24) is 5.32 Å². The maximum Gasteiger partial charge on any atom is 0.251 e. The number of methoxy groups -OCH3 is 1. The van der Waals surface area contributed by atoms with Gasteiger partial charge in [0.2, 0.25) is 5.91 Å². The summed E-state index contributed by atoms with van der Waals surface area (Å²) in [7, 11) is 3.06. The van der Waals surface area contributed by atoms with Crippen molar-refractivity contribution in [2.24, 2.45) is 0 Å². The number of rotatable bonds is 4. The van der Waals surface area contributed by atoms with E-state index >= 15 is 0 Å². The van der Waals surface area contributed by atoms with Crippen molar-refractivity contribution in [2.45, 2.75) is 13.3 Å². The average molecular weight is 236 g/mol. The van der Waals surface area contributed by atoms with Gasteiger partial charge in [0.15, 0.2) is 0 Å². The molecule has 0 saturated heterocycles. The second-order valence-electron chi connectivity index (χ2n) is 3.40. The minimum Gasteiger partial charge on any atom is -0.495 e. The van der Waals surface area contributed by atoms with Crippen LogP contribution in [0.3, 0.4) is 0 Å². The zero-order valence-electron chi connectivity index (χ0n) is 10.2. The predicted molar refractivity (Wildman–Crippen MR) is 65.3 cm³/mol. The molecule has 0 saturated carbocycles. The topological polar surface area (TPSA) is 67.4 Å². The maximum atomic E-state index is 11.5. The van der Waals surface area contributed by atoms with Crippen LogP contribution in [0, 0.1) is 0 Å². The number of benzene rings is 1. The molecule has 17 heavy (non-hydrogen) atoms. The van der Waals surface area contributed by atoms with Crippen LogP contribution in [-0.4, -0.2) is 26.0 Å². The summed E-state index contributed by atoms with van der Waals surface area (Å²) in [5.74, 6) is 0.191. The Morgan fingerprint density at radius 2 is 2.06 bits per heavy atom. The average Bonchev–Trinajstić information content (AvgIpc) is 2.37. The van der Waals surface area contributed by atoms with Gasteiger partial charge < -0.3 is 15.4 Å². The summed E-state index contributed by atoms with van der Waals surface area (Å²) >= 11 is 0. The molecule has 0 bridgehead atoms. The van der Waals surface area contributed by atoms with Gasteiger partial charge in [-0.15, -0.1) is 0 Å². The van der Waals surface area contributed by atoms with E-state index in [0.717, 1.165) is 0 Å². The van der Waals surface area contributed by atoms with Crippen LogP contribution in [0.2, 0.25) is 0 Å². The molecule has 0 atom stereocenters. The second-order valence-corrected chi connectivity index (χ2v) is 3.40. The van der Waals surface area contributed by atoms with Gasteiger partial charge in [-0.25, -0.2) is 0 Å². The SMILES string of the molecule is CCC(=O)Nc1cc(C(=O)NC)ccc1OC. The van der Waals surface area contributed by atoms with Gasteiger partial charge in [0.25, 0.3) is 5.91 Å². The molecule has 1 aromatic rings. The first kappa shape index (κ1) is 13.0. The van der Waals surface area contributed by atoms with Crippen LogP contribution in [0.4, 0.5) is 5.69 Å². The monoisotopic (exact) mass is 236 g/mol. The van der Waals surface area contributed by atoms with E-state index in [2.05, 4.69) is 10.6 Å². The molecule has 0 heterocycles. The first-order chi connectivity index (χ1) is 8.12. The molecule has 0 spiro atoms. The molecular weight excluding hydrogens is 220 g/mol. The van der Waals surface area contributed by atoms with Crippen LogP contribution in [-0.2, 0) is 4.79 Å². The fourth-order valence-corrected chi connectivity index (χ4v) is 1.33. The zero-order valence-corrected chi connectivity index (χ0v) is 10.2. The number of anilines is 1. The molecule has 92 valence electrons. The highest BCUT2D eigenvalue weighted by atomic mass is 16.5. The molecule has 0 aliphatic rings. The molecule has 1 aromatic carbocycles. The standard InChI is InChI=1S/C12H16N2O3/c1-4-11(15)14-9-7-8(12(16)13-2)5-6-10(9)17-3/h5-7H,4H2,1-3H3,(H,13,16)(H,14,15). The van der Waals surface area contributed by atoms with Crippen molar-refractivity contribution in [3.8, 4) is 5.75 Å². The normalized spacial score (nSPS) is 9.59. The number of ether oxygens (including phenoxy) is 1. The quantitative estimate of drug-likeness (QED) is 0.830. The molecule has 5 heteroatoms. The van der Waals surface area contributed by atoms with Crippen LogP contribution in [0.1, 0.15) is 23.7 Å². The Kier molecular flexibility index (Phi) is 4.51. The van der Waals surface area contributed by atoms with Crippen LogP contribution in [0.15, 0.2) is 18.2 Å². The molecule has 1 rings (SSSR count). The summed E-state index contributed by atoms with van der Waals surface area (Å²) in [4.78, 5) is 22.8. The minimum absolute atomic E-state index is 0.127. The van der Waals surface area contributed by atoms with Gasteiger partial charge in [0.05, 0.1) is 12.8 Å². The minimum atomic E-state index is -0.209.